The number of pyridine rings is 2. The van der Waals surface area contributed by atoms with Crippen LogP contribution in [-0.4, -0.2) is 18.0 Å². The fourth-order valence-corrected chi connectivity index (χ4v) is 5.19. The lowest BCUT2D eigenvalue weighted by molar-refractivity contribution is 0.596. The minimum absolute atomic E-state index is 0.0381. The maximum atomic E-state index is 13.6. The lowest BCUT2D eigenvalue weighted by Gasteiger charge is -2.20. The van der Waals surface area contributed by atoms with Crippen LogP contribution in [0.2, 0.25) is 0 Å². The van der Waals surface area contributed by atoms with Gasteiger partial charge in [0, 0.05) is 29.8 Å². The average molecular weight is 454 g/mol. The molecule has 0 amide bonds. The Kier molecular flexibility index (Phi) is 5.24. The predicted octanol–water partition coefficient (Wildman–Crippen LogP) is 4.96. The summed E-state index contributed by atoms with van der Waals surface area (Å²) >= 11 is 0. The monoisotopic (exact) mass is 453 g/mol. The number of para-hydroxylation sites is 2. The molecule has 5 aromatic rings. The van der Waals surface area contributed by atoms with Crippen LogP contribution >= 0.6 is 0 Å². The summed E-state index contributed by atoms with van der Waals surface area (Å²) < 4.78 is 29.0. The van der Waals surface area contributed by atoms with Gasteiger partial charge in [-0.05, 0) is 36.4 Å². The standard InChI is InChI=1S/C26H19N3O3S/c30-23-16-25(28-19-10-4-1-5-11-19)29(20-12-6-2-7-13-20)26-22(23)17-27-18-24(26)33(31,32)21-14-8-3-9-15-21/h1-18,28H. The van der Waals surface area contributed by atoms with E-state index in [1.165, 1.54) is 30.6 Å². The van der Waals surface area contributed by atoms with Crippen molar-refractivity contribution in [2.45, 2.75) is 9.79 Å². The first-order valence-corrected chi connectivity index (χ1v) is 11.8. The van der Waals surface area contributed by atoms with E-state index in [4.69, 9.17) is 0 Å². The van der Waals surface area contributed by atoms with Crippen LogP contribution in [0, 0.1) is 0 Å². The summed E-state index contributed by atoms with van der Waals surface area (Å²) in [5, 5.41) is 3.49. The molecule has 2 heterocycles. The molecule has 0 aliphatic rings. The number of anilines is 2. The molecule has 0 spiro atoms. The van der Waals surface area contributed by atoms with Crippen LogP contribution in [-0.2, 0) is 9.84 Å². The molecular formula is C26H19N3O3S. The highest BCUT2D eigenvalue weighted by molar-refractivity contribution is 7.91. The lowest BCUT2D eigenvalue weighted by atomic mass is 10.2. The van der Waals surface area contributed by atoms with Crippen LogP contribution in [0.1, 0.15) is 0 Å². The Morgan fingerprint density at radius 1 is 0.758 bits per heavy atom. The summed E-state index contributed by atoms with van der Waals surface area (Å²) in [5.74, 6) is 0.445. The number of sulfone groups is 1. The fraction of sp³-hybridized carbons (Fsp3) is 0. The SMILES string of the molecule is O=c1cc(Nc2ccccc2)n(-c2ccccc2)c2c(S(=O)(=O)c3ccccc3)cncc12. The third-order valence-corrected chi connectivity index (χ3v) is 7.06. The fourth-order valence-electron chi connectivity index (χ4n) is 3.76. The van der Waals surface area contributed by atoms with Gasteiger partial charge in [0.15, 0.2) is 5.43 Å². The molecule has 0 atom stereocenters. The van der Waals surface area contributed by atoms with E-state index in [2.05, 4.69) is 10.3 Å². The van der Waals surface area contributed by atoms with E-state index in [-0.39, 0.29) is 26.1 Å². The van der Waals surface area contributed by atoms with Crippen molar-refractivity contribution in [3.8, 4) is 5.69 Å². The predicted molar refractivity (Wildman–Crippen MR) is 129 cm³/mol. The van der Waals surface area contributed by atoms with Gasteiger partial charge in [-0.3, -0.25) is 14.3 Å². The van der Waals surface area contributed by atoms with Crippen LogP contribution < -0.4 is 10.7 Å². The van der Waals surface area contributed by atoms with Gasteiger partial charge in [-0.25, -0.2) is 8.42 Å². The van der Waals surface area contributed by atoms with Crippen LogP contribution in [0.3, 0.4) is 0 Å². The number of fused-ring (bicyclic) bond motifs is 1. The maximum absolute atomic E-state index is 13.6. The van der Waals surface area contributed by atoms with E-state index in [9.17, 15) is 13.2 Å². The van der Waals surface area contributed by atoms with E-state index in [0.29, 0.717) is 11.5 Å². The molecule has 162 valence electrons. The first kappa shape index (κ1) is 20.7. The minimum atomic E-state index is -3.95. The van der Waals surface area contributed by atoms with E-state index in [1.807, 2.05) is 60.7 Å². The van der Waals surface area contributed by atoms with Crippen molar-refractivity contribution in [2.24, 2.45) is 0 Å². The van der Waals surface area contributed by atoms with Crippen LogP contribution in [0.25, 0.3) is 16.6 Å². The van der Waals surface area contributed by atoms with Gasteiger partial charge in [-0.1, -0.05) is 54.6 Å². The first-order chi connectivity index (χ1) is 16.1. The topological polar surface area (TPSA) is 81.1 Å². The summed E-state index contributed by atoms with van der Waals surface area (Å²) in [6.07, 6.45) is 2.71. The third kappa shape index (κ3) is 3.79. The number of nitrogens with zero attached hydrogens (tertiary/aromatic N) is 2. The number of rotatable bonds is 5. The quantitative estimate of drug-likeness (QED) is 0.407. The summed E-state index contributed by atoms with van der Waals surface area (Å²) in [6, 6.07) is 28.3. The normalized spacial score (nSPS) is 11.4. The van der Waals surface area contributed by atoms with Gasteiger partial charge in [0.25, 0.3) is 0 Å². The van der Waals surface area contributed by atoms with Gasteiger partial charge in [0.05, 0.1) is 15.8 Å². The summed E-state index contributed by atoms with van der Waals surface area (Å²) in [6.45, 7) is 0. The number of nitrogens with one attached hydrogen (secondary N) is 1. The number of hydrogen-bond donors (Lipinski definition) is 1. The van der Waals surface area contributed by atoms with Gasteiger partial charge in [-0.15, -0.1) is 0 Å². The van der Waals surface area contributed by atoms with Crippen molar-refractivity contribution in [1.29, 1.82) is 0 Å². The van der Waals surface area contributed by atoms with Crippen molar-refractivity contribution in [1.82, 2.24) is 9.55 Å². The van der Waals surface area contributed by atoms with Gasteiger partial charge in [0.1, 0.15) is 10.7 Å². The highest BCUT2D eigenvalue weighted by Gasteiger charge is 2.25. The second kappa shape index (κ2) is 8.37. The largest absolute Gasteiger partial charge is 0.341 e. The summed E-state index contributed by atoms with van der Waals surface area (Å²) in [4.78, 5) is 17.3. The molecule has 33 heavy (non-hydrogen) atoms. The molecule has 2 aromatic heterocycles. The second-order valence-corrected chi connectivity index (χ2v) is 9.32. The van der Waals surface area contributed by atoms with Crippen molar-refractivity contribution in [2.75, 3.05) is 5.32 Å². The maximum Gasteiger partial charge on any atom is 0.210 e. The Hall–Kier alpha value is -4.23. The molecule has 0 bridgehead atoms. The van der Waals surface area contributed by atoms with Gasteiger partial charge < -0.3 is 5.32 Å². The molecule has 0 aliphatic carbocycles. The smallest absolute Gasteiger partial charge is 0.210 e. The van der Waals surface area contributed by atoms with E-state index < -0.39 is 9.84 Å². The number of benzene rings is 3. The minimum Gasteiger partial charge on any atom is -0.341 e. The van der Waals surface area contributed by atoms with E-state index in [1.54, 1.807) is 22.8 Å². The van der Waals surface area contributed by atoms with Gasteiger partial charge >= 0.3 is 0 Å². The first-order valence-electron chi connectivity index (χ1n) is 10.3. The summed E-state index contributed by atoms with van der Waals surface area (Å²) in [5.41, 5.74) is 1.42. The lowest BCUT2D eigenvalue weighted by Crippen LogP contribution is -2.16. The van der Waals surface area contributed by atoms with Crippen molar-refractivity contribution in [3.05, 3.63) is 120 Å². The molecule has 0 saturated carbocycles. The Morgan fingerprint density at radius 2 is 1.36 bits per heavy atom. The molecule has 0 fully saturated rings. The molecule has 0 aliphatic heterocycles. The van der Waals surface area contributed by atoms with Crippen molar-refractivity contribution in [3.63, 3.8) is 0 Å². The second-order valence-electron chi connectivity index (χ2n) is 7.41. The van der Waals surface area contributed by atoms with E-state index >= 15 is 0 Å². The average Bonchev–Trinajstić information content (AvgIpc) is 2.85. The zero-order valence-corrected chi connectivity index (χ0v) is 18.2. The molecule has 6 nitrogen and oxygen atoms in total. The molecular weight excluding hydrogens is 434 g/mol. The highest BCUT2D eigenvalue weighted by atomic mass is 32.2. The van der Waals surface area contributed by atoms with Crippen LogP contribution in [0.15, 0.2) is 124 Å². The summed E-state index contributed by atoms with van der Waals surface area (Å²) in [7, 11) is -3.95. The highest BCUT2D eigenvalue weighted by Crippen LogP contribution is 2.31. The van der Waals surface area contributed by atoms with Gasteiger partial charge in [0.2, 0.25) is 9.84 Å². The van der Waals surface area contributed by atoms with Crippen molar-refractivity contribution >= 4 is 32.2 Å². The third-order valence-electron chi connectivity index (χ3n) is 5.29. The number of aromatic nitrogens is 2. The molecule has 0 radical (unpaired) electrons. The Morgan fingerprint density at radius 3 is 2.03 bits per heavy atom. The Labute approximate surface area is 190 Å². The van der Waals surface area contributed by atoms with Crippen LogP contribution in [0.4, 0.5) is 11.5 Å². The van der Waals surface area contributed by atoms with Crippen molar-refractivity contribution < 1.29 is 8.42 Å². The molecule has 3 aromatic carbocycles. The van der Waals surface area contributed by atoms with Gasteiger partial charge in [-0.2, -0.15) is 0 Å². The number of hydrogen-bond acceptors (Lipinski definition) is 5. The van der Waals surface area contributed by atoms with E-state index in [0.717, 1.165) is 5.69 Å². The zero-order valence-electron chi connectivity index (χ0n) is 17.4. The molecule has 1 N–H and O–H groups in total. The Bertz CT molecular complexity index is 1600. The van der Waals surface area contributed by atoms with Crippen LogP contribution in [0.5, 0.6) is 0 Å². The molecule has 7 heteroatoms. The zero-order chi connectivity index (χ0) is 22.8. The molecule has 5 rings (SSSR count). The Balaban J connectivity index is 1.89. The molecule has 0 saturated heterocycles. The molecule has 0 unspecified atom stereocenters.